The molecular weight excluding hydrogens is 326 g/mol. The van der Waals surface area contributed by atoms with Crippen molar-refractivity contribution in [2.45, 2.75) is 6.18 Å². The molecule has 1 aliphatic heterocycles. The number of pyridine rings is 1. The van der Waals surface area contributed by atoms with Crippen LogP contribution < -0.4 is 4.90 Å². The lowest BCUT2D eigenvalue weighted by Gasteiger charge is -2.35. The zero-order valence-electron chi connectivity index (χ0n) is 11.1. The predicted octanol–water partition coefficient (Wildman–Crippen LogP) is 3.63. The average molecular weight is 340 g/mol. The van der Waals surface area contributed by atoms with E-state index in [2.05, 4.69) is 16.5 Å². The first kappa shape index (κ1) is 16.4. The molecule has 1 aliphatic rings. The van der Waals surface area contributed by atoms with Gasteiger partial charge in [0.2, 0.25) is 0 Å². The highest BCUT2D eigenvalue weighted by Crippen LogP contribution is 2.33. The molecule has 0 radical (unpaired) electrons. The molecule has 1 aromatic heterocycles. The molecular formula is C13H14Cl2F3N3. The molecule has 1 saturated heterocycles. The van der Waals surface area contributed by atoms with Crippen molar-refractivity contribution in [3.8, 4) is 0 Å². The summed E-state index contributed by atoms with van der Waals surface area (Å²) in [5.74, 6) is 0.383. The van der Waals surface area contributed by atoms with E-state index in [0.717, 1.165) is 25.4 Å². The first-order chi connectivity index (χ1) is 9.77. The van der Waals surface area contributed by atoms with Crippen LogP contribution in [0.25, 0.3) is 0 Å². The van der Waals surface area contributed by atoms with Crippen molar-refractivity contribution in [2.75, 3.05) is 37.6 Å². The summed E-state index contributed by atoms with van der Waals surface area (Å²) < 4.78 is 37.7. The number of aromatic nitrogens is 1. The lowest BCUT2D eigenvalue weighted by Crippen LogP contribution is -2.47. The van der Waals surface area contributed by atoms with Crippen LogP contribution in [0.4, 0.5) is 19.0 Å². The third-order valence-corrected chi connectivity index (χ3v) is 3.61. The number of anilines is 1. The van der Waals surface area contributed by atoms with Crippen molar-refractivity contribution in [3.63, 3.8) is 0 Å². The summed E-state index contributed by atoms with van der Waals surface area (Å²) in [5.41, 5.74) is -0.840. The Morgan fingerprint density at radius 2 is 1.90 bits per heavy atom. The molecule has 3 nitrogen and oxygen atoms in total. The molecule has 0 unspecified atom stereocenters. The summed E-state index contributed by atoms with van der Waals surface area (Å²) in [7, 11) is 0. The molecule has 0 saturated carbocycles. The van der Waals surface area contributed by atoms with E-state index in [-0.39, 0.29) is 5.02 Å². The normalized spacial score (nSPS) is 17.1. The van der Waals surface area contributed by atoms with Gasteiger partial charge in [-0.05, 0) is 6.07 Å². The minimum absolute atomic E-state index is 0.0139. The van der Waals surface area contributed by atoms with E-state index in [1.807, 2.05) is 4.90 Å². The Hall–Kier alpha value is -0.980. The molecule has 0 amide bonds. The summed E-state index contributed by atoms with van der Waals surface area (Å²) in [6.07, 6.45) is -3.62. The molecule has 1 fully saturated rings. The highest BCUT2D eigenvalue weighted by molar-refractivity contribution is 6.33. The lowest BCUT2D eigenvalue weighted by molar-refractivity contribution is -0.137. The third kappa shape index (κ3) is 4.25. The van der Waals surface area contributed by atoms with E-state index in [1.54, 1.807) is 0 Å². The highest BCUT2D eigenvalue weighted by Gasteiger charge is 2.32. The number of hydrogen-bond acceptors (Lipinski definition) is 3. The topological polar surface area (TPSA) is 19.4 Å². The van der Waals surface area contributed by atoms with E-state index < -0.39 is 11.7 Å². The van der Waals surface area contributed by atoms with Gasteiger partial charge in [0.25, 0.3) is 0 Å². The smallest absolute Gasteiger partial charge is 0.353 e. The van der Waals surface area contributed by atoms with E-state index >= 15 is 0 Å². The fraction of sp³-hybridized carbons (Fsp3) is 0.462. The molecule has 8 heteroatoms. The second-order valence-corrected chi connectivity index (χ2v) is 5.75. The Kier molecular flexibility index (Phi) is 5.01. The molecule has 0 aromatic carbocycles. The van der Waals surface area contributed by atoms with Crippen molar-refractivity contribution >= 4 is 29.0 Å². The van der Waals surface area contributed by atoms with Crippen LogP contribution in [0.15, 0.2) is 23.9 Å². The summed E-state index contributed by atoms with van der Waals surface area (Å²) >= 11 is 11.7. The van der Waals surface area contributed by atoms with Crippen LogP contribution in [-0.2, 0) is 6.18 Å². The van der Waals surface area contributed by atoms with Gasteiger partial charge >= 0.3 is 6.18 Å². The van der Waals surface area contributed by atoms with Crippen LogP contribution in [0.5, 0.6) is 0 Å². The van der Waals surface area contributed by atoms with E-state index in [4.69, 9.17) is 23.2 Å². The van der Waals surface area contributed by atoms with Crippen LogP contribution in [0.1, 0.15) is 5.56 Å². The molecule has 116 valence electrons. The van der Waals surface area contributed by atoms with Gasteiger partial charge in [0.15, 0.2) is 0 Å². The molecule has 0 atom stereocenters. The van der Waals surface area contributed by atoms with E-state index in [1.165, 1.54) is 0 Å². The first-order valence-electron chi connectivity index (χ1n) is 6.30. The minimum atomic E-state index is -4.44. The average Bonchev–Trinajstić information content (AvgIpc) is 2.38. The van der Waals surface area contributed by atoms with Crippen molar-refractivity contribution in [2.24, 2.45) is 0 Å². The molecule has 2 rings (SSSR count). The van der Waals surface area contributed by atoms with Crippen LogP contribution in [0.3, 0.4) is 0 Å². The number of halogens is 5. The molecule has 0 N–H and O–H groups in total. The van der Waals surface area contributed by atoms with Gasteiger partial charge in [0, 0.05) is 44.0 Å². The second kappa shape index (κ2) is 6.42. The van der Waals surface area contributed by atoms with E-state index in [0.29, 0.717) is 30.5 Å². The van der Waals surface area contributed by atoms with Gasteiger partial charge in [-0.3, -0.25) is 4.90 Å². The summed E-state index contributed by atoms with van der Waals surface area (Å²) in [6, 6.07) is 0.914. The molecule has 21 heavy (non-hydrogen) atoms. The van der Waals surface area contributed by atoms with Crippen molar-refractivity contribution in [1.82, 2.24) is 9.88 Å². The Labute approximate surface area is 130 Å². The van der Waals surface area contributed by atoms with Gasteiger partial charge in [-0.2, -0.15) is 13.2 Å². The Bertz CT molecular complexity index is 526. The minimum Gasteiger partial charge on any atom is -0.353 e. The molecule has 0 aliphatic carbocycles. The number of hydrogen-bond donors (Lipinski definition) is 0. The van der Waals surface area contributed by atoms with Gasteiger partial charge < -0.3 is 4.90 Å². The van der Waals surface area contributed by atoms with Gasteiger partial charge in [-0.15, -0.1) is 0 Å². The van der Waals surface area contributed by atoms with E-state index in [9.17, 15) is 13.2 Å². The lowest BCUT2D eigenvalue weighted by atomic mass is 10.2. The Morgan fingerprint density at radius 1 is 1.29 bits per heavy atom. The van der Waals surface area contributed by atoms with Gasteiger partial charge in [-0.25, -0.2) is 4.98 Å². The number of piperazine rings is 1. The fourth-order valence-electron chi connectivity index (χ4n) is 2.18. The number of alkyl halides is 3. The van der Waals surface area contributed by atoms with Crippen LogP contribution in [-0.4, -0.2) is 42.6 Å². The van der Waals surface area contributed by atoms with Crippen LogP contribution in [0, 0.1) is 0 Å². The Balaban J connectivity index is 2.05. The second-order valence-electron chi connectivity index (χ2n) is 4.81. The monoisotopic (exact) mass is 339 g/mol. The molecule has 0 bridgehead atoms. The van der Waals surface area contributed by atoms with Crippen LogP contribution >= 0.6 is 23.2 Å². The maximum absolute atomic E-state index is 12.6. The molecule has 0 spiro atoms. The first-order valence-corrected chi connectivity index (χ1v) is 7.06. The zero-order chi connectivity index (χ0) is 15.6. The largest absolute Gasteiger partial charge is 0.417 e. The number of nitrogens with zero attached hydrogens (tertiary/aromatic N) is 3. The van der Waals surface area contributed by atoms with Gasteiger partial charge in [0.1, 0.15) is 5.82 Å². The quantitative estimate of drug-likeness (QED) is 0.838. The SMILES string of the molecule is C=C(Cl)CN1CCN(c2ncc(C(F)(F)F)cc2Cl)CC1. The standard InChI is InChI=1S/C13H14Cl2F3N3/c1-9(14)8-20-2-4-21(5-3-20)12-11(15)6-10(7-19-12)13(16,17)18/h6-7H,1-5,8H2. The summed E-state index contributed by atoms with van der Waals surface area (Å²) in [6.45, 7) is 6.95. The highest BCUT2D eigenvalue weighted by atomic mass is 35.5. The maximum Gasteiger partial charge on any atom is 0.417 e. The van der Waals surface area contributed by atoms with Gasteiger partial charge in [-0.1, -0.05) is 29.8 Å². The van der Waals surface area contributed by atoms with Crippen molar-refractivity contribution < 1.29 is 13.2 Å². The summed E-state index contributed by atoms with van der Waals surface area (Å²) in [5, 5.41) is 0.578. The van der Waals surface area contributed by atoms with Crippen molar-refractivity contribution in [1.29, 1.82) is 0 Å². The number of rotatable bonds is 3. The maximum atomic E-state index is 12.6. The zero-order valence-corrected chi connectivity index (χ0v) is 12.6. The van der Waals surface area contributed by atoms with Crippen LogP contribution in [0.2, 0.25) is 5.02 Å². The predicted molar refractivity (Wildman–Crippen MR) is 77.9 cm³/mol. The molecule has 1 aromatic rings. The summed E-state index contributed by atoms with van der Waals surface area (Å²) in [4.78, 5) is 7.85. The van der Waals surface area contributed by atoms with Crippen molar-refractivity contribution in [3.05, 3.63) is 34.5 Å². The fourth-order valence-corrected chi connectivity index (χ4v) is 2.63. The molecule has 2 heterocycles. The van der Waals surface area contributed by atoms with Gasteiger partial charge in [0.05, 0.1) is 10.6 Å². The third-order valence-electron chi connectivity index (χ3n) is 3.22. The Morgan fingerprint density at radius 3 is 2.38 bits per heavy atom.